The fraction of sp³-hybridized carbons (Fsp3) is 0.0455. The van der Waals surface area contributed by atoms with Crippen molar-refractivity contribution in [1.29, 1.82) is 0 Å². The van der Waals surface area contributed by atoms with Gasteiger partial charge in [-0.15, -0.1) is 0 Å². The highest BCUT2D eigenvalue weighted by molar-refractivity contribution is 7.90. The molecule has 4 aromatic rings. The molecule has 30 heavy (non-hydrogen) atoms. The van der Waals surface area contributed by atoms with Crippen LogP contribution in [-0.4, -0.2) is 25.8 Å². The van der Waals surface area contributed by atoms with Crippen molar-refractivity contribution in [3.05, 3.63) is 83.1 Å². The van der Waals surface area contributed by atoms with Gasteiger partial charge in [0.2, 0.25) is 0 Å². The second-order valence-electron chi connectivity index (χ2n) is 6.48. The third-order valence-corrected chi connectivity index (χ3v) is 6.92. The van der Waals surface area contributed by atoms with Crippen molar-refractivity contribution in [2.75, 3.05) is 7.11 Å². The van der Waals surface area contributed by atoms with E-state index in [-0.39, 0.29) is 26.7 Å². The van der Waals surface area contributed by atoms with E-state index in [4.69, 9.17) is 16.3 Å². The third kappa shape index (κ3) is 3.16. The van der Waals surface area contributed by atoms with E-state index in [9.17, 15) is 17.6 Å². The fourth-order valence-corrected chi connectivity index (χ4v) is 5.16. The first-order chi connectivity index (χ1) is 14.4. The molecular weight excluding hydrogens is 429 g/mol. The van der Waals surface area contributed by atoms with Crippen LogP contribution >= 0.6 is 11.6 Å². The van der Waals surface area contributed by atoms with Crippen LogP contribution in [0.2, 0.25) is 5.02 Å². The minimum atomic E-state index is -4.03. The van der Waals surface area contributed by atoms with E-state index in [2.05, 4.69) is 0 Å². The first-order valence-electron chi connectivity index (χ1n) is 8.82. The van der Waals surface area contributed by atoms with Crippen molar-refractivity contribution >= 4 is 38.8 Å². The quantitative estimate of drug-likeness (QED) is 0.400. The lowest BCUT2D eigenvalue weighted by atomic mass is 10.1. The van der Waals surface area contributed by atoms with E-state index in [1.807, 2.05) is 0 Å². The summed E-state index contributed by atoms with van der Waals surface area (Å²) in [5, 5.41) is 0.418. The molecule has 0 saturated carbocycles. The summed E-state index contributed by atoms with van der Waals surface area (Å²) in [4.78, 5) is 11.4. The van der Waals surface area contributed by atoms with Gasteiger partial charge in [-0.1, -0.05) is 29.8 Å². The van der Waals surface area contributed by atoms with Gasteiger partial charge in [-0.3, -0.25) is 4.79 Å². The lowest BCUT2D eigenvalue weighted by Gasteiger charge is -2.14. The molecule has 0 amide bonds. The largest absolute Gasteiger partial charge is 0.497 e. The Hall–Kier alpha value is -3.16. The van der Waals surface area contributed by atoms with Gasteiger partial charge in [-0.05, 0) is 48.5 Å². The van der Waals surface area contributed by atoms with E-state index >= 15 is 0 Å². The van der Waals surface area contributed by atoms with E-state index in [1.165, 1.54) is 25.3 Å². The van der Waals surface area contributed by atoms with Crippen LogP contribution in [-0.2, 0) is 10.0 Å². The topological polar surface area (TPSA) is 65.4 Å². The van der Waals surface area contributed by atoms with Crippen LogP contribution < -0.4 is 4.74 Å². The van der Waals surface area contributed by atoms with Crippen LogP contribution in [0.4, 0.5) is 4.39 Å². The van der Waals surface area contributed by atoms with Gasteiger partial charge in [0.05, 0.1) is 33.8 Å². The number of carbonyl (C=O) groups excluding carboxylic acids is 1. The normalized spacial score (nSPS) is 11.6. The molecule has 0 unspecified atom stereocenters. The second kappa shape index (κ2) is 7.59. The van der Waals surface area contributed by atoms with Gasteiger partial charge in [0, 0.05) is 10.9 Å². The molecule has 0 atom stereocenters. The molecule has 0 spiro atoms. The number of carbonyl (C=O) groups is 1. The summed E-state index contributed by atoms with van der Waals surface area (Å²) in [6, 6.07) is 16.9. The van der Waals surface area contributed by atoms with Gasteiger partial charge in [0.15, 0.2) is 6.29 Å². The Morgan fingerprint density at radius 2 is 1.77 bits per heavy atom. The summed E-state index contributed by atoms with van der Waals surface area (Å²) in [6.07, 6.45) is 0.308. The Bertz CT molecular complexity index is 1380. The highest BCUT2D eigenvalue weighted by atomic mass is 35.5. The van der Waals surface area contributed by atoms with E-state index in [1.54, 1.807) is 42.5 Å². The molecule has 0 fully saturated rings. The molecule has 1 aromatic heterocycles. The van der Waals surface area contributed by atoms with Crippen molar-refractivity contribution in [3.63, 3.8) is 0 Å². The Morgan fingerprint density at radius 1 is 1.03 bits per heavy atom. The number of methoxy groups -OCH3 is 1. The van der Waals surface area contributed by atoms with Gasteiger partial charge >= 0.3 is 0 Å². The smallest absolute Gasteiger partial charge is 0.268 e. The van der Waals surface area contributed by atoms with Crippen LogP contribution in [0.15, 0.2) is 71.6 Å². The Kier molecular flexibility index (Phi) is 5.09. The van der Waals surface area contributed by atoms with E-state index in [0.717, 1.165) is 10.0 Å². The number of nitrogens with zero attached hydrogens (tertiary/aromatic N) is 1. The number of fused-ring (bicyclic) bond motifs is 1. The zero-order chi connectivity index (χ0) is 21.5. The summed E-state index contributed by atoms with van der Waals surface area (Å²) in [6.45, 7) is 0. The molecule has 0 saturated heterocycles. The standard InChI is InChI=1S/C22H15ClFNO4S/c1-29-15-7-10-20-14(11-15)12-21(17-8-9-19(24)18(13-26)22(17)23)25(20)30(27,28)16-5-3-2-4-6-16/h2-13H,1H3. The van der Waals surface area contributed by atoms with Crippen molar-refractivity contribution in [3.8, 4) is 17.0 Å². The zero-order valence-corrected chi connectivity index (χ0v) is 17.2. The molecule has 4 rings (SSSR count). The molecule has 1 heterocycles. The molecule has 0 aliphatic heterocycles. The minimum Gasteiger partial charge on any atom is -0.497 e. The SMILES string of the molecule is COc1ccc2c(c1)cc(-c1ccc(F)c(C=O)c1Cl)n2S(=O)(=O)c1ccccc1. The third-order valence-electron chi connectivity index (χ3n) is 4.77. The van der Waals surface area contributed by atoms with Crippen molar-refractivity contribution in [2.45, 2.75) is 4.90 Å². The summed E-state index contributed by atoms with van der Waals surface area (Å²) >= 11 is 6.30. The lowest BCUT2D eigenvalue weighted by Crippen LogP contribution is -2.14. The Balaban J connectivity index is 2.11. The summed E-state index contributed by atoms with van der Waals surface area (Å²) < 4.78 is 47.4. The van der Waals surface area contributed by atoms with Crippen molar-refractivity contribution in [2.24, 2.45) is 0 Å². The summed E-state index contributed by atoms with van der Waals surface area (Å²) in [5.74, 6) is -0.240. The van der Waals surface area contributed by atoms with Crippen LogP contribution in [0.5, 0.6) is 5.75 Å². The molecule has 0 aliphatic carbocycles. The van der Waals surface area contributed by atoms with Crippen LogP contribution in [0.1, 0.15) is 10.4 Å². The second-order valence-corrected chi connectivity index (χ2v) is 8.64. The molecule has 8 heteroatoms. The van der Waals surface area contributed by atoms with Gasteiger partial charge in [0.25, 0.3) is 10.0 Å². The fourth-order valence-electron chi connectivity index (χ4n) is 3.32. The van der Waals surface area contributed by atoms with E-state index in [0.29, 0.717) is 22.9 Å². The molecular formula is C22H15ClFNO4S. The first-order valence-corrected chi connectivity index (χ1v) is 10.6. The number of hydrogen-bond acceptors (Lipinski definition) is 4. The molecule has 0 aliphatic rings. The molecule has 3 aromatic carbocycles. The Morgan fingerprint density at radius 3 is 2.43 bits per heavy atom. The first kappa shape index (κ1) is 20.1. The molecule has 0 bridgehead atoms. The molecule has 0 radical (unpaired) electrons. The maximum absolute atomic E-state index is 14.0. The van der Waals surface area contributed by atoms with E-state index < -0.39 is 15.8 Å². The number of halogens is 2. The molecule has 5 nitrogen and oxygen atoms in total. The van der Waals surface area contributed by atoms with Gasteiger partial charge in [-0.25, -0.2) is 16.8 Å². The average Bonchev–Trinajstić information content (AvgIpc) is 3.13. The maximum Gasteiger partial charge on any atom is 0.268 e. The van der Waals surface area contributed by atoms with Gasteiger partial charge < -0.3 is 4.74 Å². The highest BCUT2D eigenvalue weighted by Crippen LogP contribution is 2.38. The minimum absolute atomic E-state index is 0.0772. The summed E-state index contributed by atoms with van der Waals surface area (Å²) in [7, 11) is -2.53. The van der Waals surface area contributed by atoms with Gasteiger partial charge in [0.1, 0.15) is 11.6 Å². The van der Waals surface area contributed by atoms with Gasteiger partial charge in [-0.2, -0.15) is 0 Å². The van der Waals surface area contributed by atoms with Crippen molar-refractivity contribution in [1.82, 2.24) is 3.97 Å². The number of hydrogen-bond donors (Lipinski definition) is 0. The zero-order valence-electron chi connectivity index (χ0n) is 15.7. The van der Waals surface area contributed by atoms with Crippen molar-refractivity contribution < 1.29 is 22.3 Å². The van der Waals surface area contributed by atoms with Crippen LogP contribution in [0.25, 0.3) is 22.2 Å². The monoisotopic (exact) mass is 443 g/mol. The van der Waals surface area contributed by atoms with Crippen LogP contribution in [0, 0.1) is 5.82 Å². The predicted molar refractivity (Wildman–Crippen MR) is 113 cm³/mol. The number of ether oxygens (including phenoxy) is 1. The number of benzene rings is 3. The molecule has 0 N–H and O–H groups in total. The Labute approximate surface area is 177 Å². The lowest BCUT2D eigenvalue weighted by molar-refractivity contribution is 0.112. The van der Waals surface area contributed by atoms with Crippen LogP contribution in [0.3, 0.4) is 0 Å². The number of rotatable bonds is 5. The maximum atomic E-state index is 14.0. The highest BCUT2D eigenvalue weighted by Gasteiger charge is 2.26. The predicted octanol–water partition coefficient (Wildman–Crippen LogP) is 5.16. The number of aromatic nitrogens is 1. The number of aldehydes is 1. The molecule has 152 valence electrons. The average molecular weight is 444 g/mol. The summed E-state index contributed by atoms with van der Waals surface area (Å²) in [5.41, 5.74) is 0.480.